The van der Waals surface area contributed by atoms with E-state index >= 15 is 0 Å². The number of anilines is 2. The summed E-state index contributed by atoms with van der Waals surface area (Å²) in [5, 5.41) is 8.19. The lowest BCUT2D eigenvalue weighted by atomic mass is 9.99. The topological polar surface area (TPSA) is 71.1 Å². The van der Waals surface area contributed by atoms with Crippen LogP contribution in [0.4, 0.5) is 10.8 Å². The largest absolute Gasteiger partial charge is 0.326 e. The van der Waals surface area contributed by atoms with Gasteiger partial charge in [-0.3, -0.25) is 14.9 Å². The molecule has 0 spiro atoms. The van der Waals surface area contributed by atoms with E-state index in [4.69, 9.17) is 0 Å². The quantitative estimate of drug-likeness (QED) is 0.624. The van der Waals surface area contributed by atoms with Crippen molar-refractivity contribution in [2.75, 3.05) is 10.6 Å². The smallest absolute Gasteiger partial charge is 0.267 e. The molecule has 0 saturated heterocycles. The molecule has 25 heavy (non-hydrogen) atoms. The summed E-state index contributed by atoms with van der Waals surface area (Å²) in [5.41, 5.74) is 3.77. The highest BCUT2D eigenvalue weighted by Gasteiger charge is 2.16. The average molecular weight is 434 g/mol. The first-order chi connectivity index (χ1) is 12.1. The molecule has 2 N–H and O–H groups in total. The molecule has 3 heterocycles. The van der Waals surface area contributed by atoms with Crippen LogP contribution in [0.25, 0.3) is 11.3 Å². The number of hydrogen-bond donors (Lipinski definition) is 2. The van der Waals surface area contributed by atoms with Crippen molar-refractivity contribution >= 4 is 61.2 Å². The van der Waals surface area contributed by atoms with Crippen LogP contribution in [-0.4, -0.2) is 16.8 Å². The number of amides is 2. The van der Waals surface area contributed by atoms with Crippen molar-refractivity contribution in [2.24, 2.45) is 0 Å². The second-order valence-electron chi connectivity index (χ2n) is 5.52. The van der Waals surface area contributed by atoms with Gasteiger partial charge in [0.05, 0.1) is 14.4 Å². The van der Waals surface area contributed by atoms with Crippen molar-refractivity contribution in [1.29, 1.82) is 0 Å². The number of nitrogens with one attached hydrogen (secondary N) is 2. The first kappa shape index (κ1) is 16.4. The van der Waals surface area contributed by atoms with Crippen LogP contribution in [0.2, 0.25) is 0 Å². The fourth-order valence-electron chi connectivity index (χ4n) is 2.60. The summed E-state index contributed by atoms with van der Waals surface area (Å²) in [4.78, 5) is 28.8. The van der Waals surface area contributed by atoms with E-state index in [2.05, 4.69) is 31.5 Å². The number of fused-ring (bicyclic) bond motifs is 1. The van der Waals surface area contributed by atoms with Gasteiger partial charge in [0.2, 0.25) is 5.91 Å². The summed E-state index contributed by atoms with van der Waals surface area (Å²) in [6, 6.07) is 9.50. The standard InChI is InChI=1S/C17H12BrN3O2S2/c18-14-5-4-13(25-14)16(23)21-17-20-12(8-24-17)10-1-3-11-9(7-10)2-6-15(22)19-11/h1,3-5,7-8H,2,6H2,(H,19,22)(H,20,21,23). The normalized spacial score (nSPS) is 13.2. The van der Waals surface area contributed by atoms with Crippen molar-refractivity contribution in [3.05, 3.63) is 49.9 Å². The lowest BCUT2D eigenvalue weighted by Gasteiger charge is -2.17. The van der Waals surface area contributed by atoms with E-state index < -0.39 is 0 Å². The van der Waals surface area contributed by atoms with Crippen molar-refractivity contribution < 1.29 is 9.59 Å². The number of hydrogen-bond acceptors (Lipinski definition) is 5. The number of thiazole rings is 1. The molecule has 1 aliphatic rings. The molecule has 0 bridgehead atoms. The Hall–Kier alpha value is -2.03. The second-order valence-corrected chi connectivity index (χ2v) is 8.84. The molecule has 2 amide bonds. The van der Waals surface area contributed by atoms with Crippen molar-refractivity contribution in [1.82, 2.24) is 4.98 Å². The lowest BCUT2D eigenvalue weighted by molar-refractivity contribution is -0.116. The van der Waals surface area contributed by atoms with E-state index in [1.807, 2.05) is 29.6 Å². The molecule has 0 fully saturated rings. The minimum atomic E-state index is -0.162. The van der Waals surface area contributed by atoms with Crippen molar-refractivity contribution in [2.45, 2.75) is 12.8 Å². The fraction of sp³-hybridized carbons (Fsp3) is 0.118. The Morgan fingerprint density at radius 3 is 2.92 bits per heavy atom. The van der Waals surface area contributed by atoms with Gasteiger partial charge in [0.15, 0.2) is 5.13 Å². The van der Waals surface area contributed by atoms with Gasteiger partial charge in [-0.25, -0.2) is 4.98 Å². The van der Waals surface area contributed by atoms with Crippen LogP contribution in [0.1, 0.15) is 21.7 Å². The highest BCUT2D eigenvalue weighted by molar-refractivity contribution is 9.11. The fourth-order valence-corrected chi connectivity index (χ4v) is 4.60. The number of rotatable bonds is 3. The molecule has 8 heteroatoms. The molecular weight excluding hydrogens is 422 g/mol. The van der Waals surface area contributed by atoms with E-state index in [-0.39, 0.29) is 11.8 Å². The summed E-state index contributed by atoms with van der Waals surface area (Å²) in [5.74, 6) is -0.108. The Morgan fingerprint density at radius 2 is 2.12 bits per heavy atom. The van der Waals surface area contributed by atoms with E-state index in [0.717, 1.165) is 32.7 Å². The Bertz CT molecular complexity index is 980. The Labute approximate surface area is 160 Å². The van der Waals surface area contributed by atoms with E-state index in [1.165, 1.54) is 22.7 Å². The van der Waals surface area contributed by atoms with Crippen LogP contribution in [0.5, 0.6) is 0 Å². The minimum Gasteiger partial charge on any atom is -0.326 e. The SMILES string of the molecule is O=C1CCc2cc(-c3csc(NC(=O)c4ccc(Br)s4)n3)ccc2N1. The number of halogens is 1. The van der Waals surface area contributed by atoms with Gasteiger partial charge >= 0.3 is 0 Å². The minimum absolute atomic E-state index is 0.0547. The van der Waals surface area contributed by atoms with Gasteiger partial charge in [-0.2, -0.15) is 0 Å². The molecule has 0 atom stereocenters. The van der Waals surface area contributed by atoms with Crippen molar-refractivity contribution in [3.63, 3.8) is 0 Å². The third-order valence-corrected chi connectivity index (χ3v) is 6.20. The van der Waals surface area contributed by atoms with Gasteiger partial charge in [0.1, 0.15) is 0 Å². The molecule has 1 aliphatic heterocycles. The number of aromatic nitrogens is 1. The average Bonchev–Trinajstić information content (AvgIpc) is 3.23. The third kappa shape index (κ3) is 3.51. The predicted octanol–water partition coefficient (Wildman–Crippen LogP) is 4.77. The number of aryl methyl sites for hydroxylation is 1. The molecule has 3 aromatic rings. The molecule has 4 rings (SSSR count). The van der Waals surface area contributed by atoms with Gasteiger partial charge in [-0.05, 0) is 52.2 Å². The van der Waals surface area contributed by atoms with Crippen LogP contribution in [0.15, 0.2) is 39.5 Å². The maximum atomic E-state index is 12.2. The second kappa shape index (κ2) is 6.70. The summed E-state index contributed by atoms with van der Waals surface area (Å²) in [7, 11) is 0. The monoisotopic (exact) mass is 433 g/mol. The highest BCUT2D eigenvalue weighted by Crippen LogP contribution is 2.31. The van der Waals surface area contributed by atoms with E-state index in [0.29, 0.717) is 16.4 Å². The van der Waals surface area contributed by atoms with Crippen molar-refractivity contribution in [3.8, 4) is 11.3 Å². The van der Waals surface area contributed by atoms with Crippen LogP contribution in [-0.2, 0) is 11.2 Å². The molecule has 126 valence electrons. The zero-order chi connectivity index (χ0) is 17.4. The van der Waals surface area contributed by atoms with Crippen LogP contribution in [0, 0.1) is 0 Å². The number of nitrogens with zero attached hydrogens (tertiary/aromatic N) is 1. The summed E-state index contributed by atoms with van der Waals surface area (Å²) in [6.07, 6.45) is 1.24. The third-order valence-electron chi connectivity index (χ3n) is 3.82. The molecular formula is C17H12BrN3O2S2. The van der Waals surface area contributed by atoms with Crippen LogP contribution < -0.4 is 10.6 Å². The number of carbonyl (C=O) groups is 2. The van der Waals surface area contributed by atoms with Gasteiger partial charge in [0, 0.05) is 23.1 Å². The molecule has 2 aromatic heterocycles. The van der Waals surface area contributed by atoms with Crippen LogP contribution >= 0.6 is 38.6 Å². The molecule has 0 saturated carbocycles. The predicted molar refractivity (Wildman–Crippen MR) is 104 cm³/mol. The zero-order valence-electron chi connectivity index (χ0n) is 12.8. The molecule has 5 nitrogen and oxygen atoms in total. The maximum Gasteiger partial charge on any atom is 0.267 e. The Kier molecular flexibility index (Phi) is 4.41. The lowest BCUT2D eigenvalue weighted by Crippen LogP contribution is -2.18. The maximum absolute atomic E-state index is 12.2. The first-order valence-electron chi connectivity index (χ1n) is 7.54. The first-order valence-corrected chi connectivity index (χ1v) is 10.0. The summed E-state index contributed by atoms with van der Waals surface area (Å²) >= 11 is 6.13. The number of benzene rings is 1. The van der Waals surface area contributed by atoms with Gasteiger partial charge < -0.3 is 5.32 Å². The van der Waals surface area contributed by atoms with E-state index in [1.54, 1.807) is 6.07 Å². The highest BCUT2D eigenvalue weighted by atomic mass is 79.9. The number of thiophene rings is 1. The summed E-state index contributed by atoms with van der Waals surface area (Å²) in [6.45, 7) is 0. The molecule has 0 radical (unpaired) electrons. The number of carbonyl (C=O) groups excluding carboxylic acids is 2. The van der Waals surface area contributed by atoms with Gasteiger partial charge in [0.25, 0.3) is 5.91 Å². The zero-order valence-corrected chi connectivity index (χ0v) is 16.1. The molecule has 0 aliphatic carbocycles. The van der Waals surface area contributed by atoms with Gasteiger partial charge in [-0.1, -0.05) is 6.07 Å². The Morgan fingerprint density at radius 1 is 1.24 bits per heavy atom. The molecule has 1 aromatic carbocycles. The Balaban J connectivity index is 1.53. The summed E-state index contributed by atoms with van der Waals surface area (Å²) < 4.78 is 0.915. The molecule has 0 unspecified atom stereocenters. The van der Waals surface area contributed by atoms with Gasteiger partial charge in [-0.15, -0.1) is 22.7 Å². The van der Waals surface area contributed by atoms with Crippen LogP contribution in [0.3, 0.4) is 0 Å². The van der Waals surface area contributed by atoms with E-state index in [9.17, 15) is 9.59 Å².